The summed E-state index contributed by atoms with van der Waals surface area (Å²) in [5.74, 6) is -0.961. The van der Waals surface area contributed by atoms with Crippen LogP contribution in [-0.4, -0.2) is 15.7 Å². The molecule has 3 aromatic rings. The fraction of sp³-hybridized carbons (Fsp3) is 0.111. The van der Waals surface area contributed by atoms with E-state index in [2.05, 4.69) is 10.4 Å². The Labute approximate surface area is 146 Å². The van der Waals surface area contributed by atoms with Gasteiger partial charge in [-0.2, -0.15) is 18.3 Å². The normalized spacial score (nSPS) is 11.4. The predicted octanol–water partition coefficient (Wildman–Crippen LogP) is 4.21. The Bertz CT molecular complexity index is 903. The smallest absolute Gasteiger partial charge is 0.324 e. The van der Waals surface area contributed by atoms with Gasteiger partial charge < -0.3 is 5.32 Å². The summed E-state index contributed by atoms with van der Waals surface area (Å²) in [5.41, 5.74) is -0.0619. The zero-order chi connectivity index (χ0) is 18.7. The number of rotatable bonds is 4. The van der Waals surface area contributed by atoms with Gasteiger partial charge in [-0.15, -0.1) is 0 Å². The molecule has 0 unspecified atom stereocenters. The van der Waals surface area contributed by atoms with Crippen LogP contribution in [-0.2, 0) is 17.4 Å². The summed E-state index contributed by atoms with van der Waals surface area (Å²) >= 11 is 0. The summed E-state index contributed by atoms with van der Waals surface area (Å²) in [6.07, 6.45) is -1.62. The average molecular weight is 363 g/mol. The highest BCUT2D eigenvalue weighted by atomic mass is 19.4. The molecule has 0 atom stereocenters. The van der Waals surface area contributed by atoms with Gasteiger partial charge in [-0.05, 0) is 42.0 Å². The van der Waals surface area contributed by atoms with Gasteiger partial charge in [0.2, 0.25) is 5.91 Å². The Balaban J connectivity index is 1.88. The van der Waals surface area contributed by atoms with Gasteiger partial charge in [0.25, 0.3) is 0 Å². The second-order valence-electron chi connectivity index (χ2n) is 5.53. The van der Waals surface area contributed by atoms with Crippen molar-refractivity contribution in [1.82, 2.24) is 9.78 Å². The van der Waals surface area contributed by atoms with E-state index in [0.717, 1.165) is 12.1 Å². The molecule has 1 amide bonds. The van der Waals surface area contributed by atoms with Crippen molar-refractivity contribution >= 4 is 11.6 Å². The Morgan fingerprint density at radius 3 is 2.46 bits per heavy atom. The lowest BCUT2D eigenvalue weighted by molar-refractivity contribution is -0.137. The molecular formula is C18H13F4N3O. The number of amides is 1. The molecule has 0 radical (unpaired) electrons. The third kappa shape index (κ3) is 4.08. The molecule has 1 N–H and O–H groups in total. The van der Waals surface area contributed by atoms with E-state index >= 15 is 0 Å². The monoisotopic (exact) mass is 363 g/mol. The number of nitrogens with one attached hydrogen (secondary N) is 1. The van der Waals surface area contributed by atoms with Gasteiger partial charge >= 0.3 is 6.18 Å². The highest BCUT2D eigenvalue weighted by Gasteiger charge is 2.31. The largest absolute Gasteiger partial charge is 0.416 e. The lowest BCUT2D eigenvalue weighted by Crippen LogP contribution is -2.17. The van der Waals surface area contributed by atoms with Crippen LogP contribution in [0.3, 0.4) is 0 Å². The maximum Gasteiger partial charge on any atom is 0.416 e. The summed E-state index contributed by atoms with van der Waals surface area (Å²) in [4.78, 5) is 12.2. The van der Waals surface area contributed by atoms with Crippen LogP contribution in [0.2, 0.25) is 0 Å². The molecule has 4 nitrogen and oxygen atoms in total. The number of halogens is 4. The molecule has 1 heterocycles. The van der Waals surface area contributed by atoms with Crippen molar-refractivity contribution in [2.24, 2.45) is 0 Å². The van der Waals surface area contributed by atoms with Gasteiger partial charge in [0.1, 0.15) is 5.82 Å². The third-order valence-electron chi connectivity index (χ3n) is 3.63. The highest BCUT2D eigenvalue weighted by molar-refractivity contribution is 5.94. The molecule has 1 aromatic heterocycles. The van der Waals surface area contributed by atoms with Crippen LogP contribution in [0.1, 0.15) is 11.1 Å². The van der Waals surface area contributed by atoms with Crippen LogP contribution in [0.4, 0.5) is 23.2 Å². The van der Waals surface area contributed by atoms with E-state index in [1.807, 2.05) is 0 Å². The van der Waals surface area contributed by atoms with E-state index in [0.29, 0.717) is 11.3 Å². The first-order valence-electron chi connectivity index (χ1n) is 7.58. The molecule has 0 aliphatic heterocycles. The number of anilines is 1. The van der Waals surface area contributed by atoms with E-state index in [4.69, 9.17) is 0 Å². The average Bonchev–Trinajstić information content (AvgIpc) is 3.10. The second-order valence-corrected chi connectivity index (χ2v) is 5.53. The molecule has 8 heteroatoms. The van der Waals surface area contributed by atoms with Crippen LogP contribution >= 0.6 is 0 Å². The molecule has 0 bridgehead atoms. The molecule has 3 rings (SSSR count). The van der Waals surface area contributed by atoms with Crippen molar-refractivity contribution in [2.75, 3.05) is 5.32 Å². The van der Waals surface area contributed by atoms with E-state index in [-0.39, 0.29) is 12.1 Å². The summed E-state index contributed by atoms with van der Waals surface area (Å²) in [5, 5.41) is 6.46. The Kier molecular flexibility index (Phi) is 4.75. The minimum Gasteiger partial charge on any atom is -0.324 e. The minimum atomic E-state index is -4.54. The van der Waals surface area contributed by atoms with Gasteiger partial charge in [-0.25, -0.2) is 9.07 Å². The van der Waals surface area contributed by atoms with E-state index in [9.17, 15) is 22.4 Å². The predicted molar refractivity (Wildman–Crippen MR) is 87.3 cm³/mol. The lowest BCUT2D eigenvalue weighted by Gasteiger charge is -2.14. The zero-order valence-corrected chi connectivity index (χ0v) is 13.3. The summed E-state index contributed by atoms with van der Waals surface area (Å²) in [6.45, 7) is 0. The topological polar surface area (TPSA) is 46.9 Å². The number of nitrogens with zero attached hydrogens (tertiary/aromatic N) is 2. The Morgan fingerprint density at radius 1 is 1.12 bits per heavy atom. The first-order chi connectivity index (χ1) is 12.3. The van der Waals surface area contributed by atoms with E-state index in [1.165, 1.54) is 41.2 Å². The highest BCUT2D eigenvalue weighted by Crippen LogP contribution is 2.33. The number of hydrogen-bond donors (Lipinski definition) is 1. The minimum absolute atomic E-state index is 0.0179. The molecule has 0 aliphatic rings. The van der Waals surface area contributed by atoms with Gasteiger partial charge in [0.15, 0.2) is 0 Å². The van der Waals surface area contributed by atoms with Crippen LogP contribution in [0.5, 0.6) is 0 Å². The molecule has 0 fully saturated rings. The van der Waals surface area contributed by atoms with Crippen molar-refractivity contribution in [1.29, 1.82) is 0 Å². The van der Waals surface area contributed by atoms with Crippen molar-refractivity contribution in [3.05, 3.63) is 77.9 Å². The Hall–Kier alpha value is -3.16. The van der Waals surface area contributed by atoms with Crippen molar-refractivity contribution in [2.45, 2.75) is 12.6 Å². The fourth-order valence-corrected chi connectivity index (χ4v) is 2.41. The van der Waals surface area contributed by atoms with Crippen molar-refractivity contribution in [3.8, 4) is 5.69 Å². The third-order valence-corrected chi connectivity index (χ3v) is 3.63. The molecule has 0 saturated heterocycles. The van der Waals surface area contributed by atoms with Crippen LogP contribution in [0.15, 0.2) is 60.9 Å². The second kappa shape index (κ2) is 6.99. The van der Waals surface area contributed by atoms with Crippen LogP contribution in [0.25, 0.3) is 5.69 Å². The SMILES string of the molecule is O=C(Cc1ccc(F)cc1)Nc1cc(C(F)(F)F)ccc1-n1cccn1. The summed E-state index contributed by atoms with van der Waals surface area (Å²) < 4.78 is 53.3. The molecule has 134 valence electrons. The van der Waals surface area contributed by atoms with Crippen molar-refractivity contribution < 1.29 is 22.4 Å². The fourth-order valence-electron chi connectivity index (χ4n) is 2.41. The number of carbonyl (C=O) groups excluding carboxylic acids is 1. The van der Waals surface area contributed by atoms with Gasteiger partial charge in [0, 0.05) is 12.4 Å². The zero-order valence-electron chi connectivity index (χ0n) is 13.3. The number of hydrogen-bond acceptors (Lipinski definition) is 2. The number of benzene rings is 2. The molecular weight excluding hydrogens is 350 g/mol. The van der Waals surface area contributed by atoms with E-state index in [1.54, 1.807) is 12.3 Å². The number of alkyl halides is 3. The number of carbonyl (C=O) groups is 1. The van der Waals surface area contributed by atoms with Crippen LogP contribution in [0, 0.1) is 5.82 Å². The standard InChI is InChI=1S/C18H13F4N3O/c19-14-5-2-12(3-6-14)10-17(26)24-15-11-13(18(20,21)22)4-7-16(15)25-9-1-8-23-25/h1-9,11H,10H2,(H,24,26). The Morgan fingerprint density at radius 2 is 1.85 bits per heavy atom. The van der Waals surface area contributed by atoms with E-state index < -0.39 is 23.5 Å². The molecule has 26 heavy (non-hydrogen) atoms. The quantitative estimate of drug-likeness (QED) is 0.706. The molecule has 0 aliphatic carbocycles. The first-order valence-corrected chi connectivity index (χ1v) is 7.58. The summed E-state index contributed by atoms with van der Waals surface area (Å²) in [7, 11) is 0. The number of aromatic nitrogens is 2. The van der Waals surface area contributed by atoms with Gasteiger partial charge in [0.05, 0.1) is 23.4 Å². The van der Waals surface area contributed by atoms with Crippen LogP contribution < -0.4 is 5.32 Å². The van der Waals surface area contributed by atoms with Crippen molar-refractivity contribution in [3.63, 3.8) is 0 Å². The molecule has 0 spiro atoms. The maximum absolute atomic E-state index is 13.0. The molecule has 0 saturated carbocycles. The lowest BCUT2D eigenvalue weighted by atomic mass is 10.1. The molecule has 2 aromatic carbocycles. The first kappa shape index (κ1) is 17.7. The summed E-state index contributed by atoms with van der Waals surface area (Å²) in [6, 6.07) is 9.94. The van der Waals surface area contributed by atoms with Gasteiger partial charge in [-0.1, -0.05) is 12.1 Å². The maximum atomic E-state index is 13.0. The van der Waals surface area contributed by atoms with Gasteiger partial charge in [-0.3, -0.25) is 4.79 Å².